The second kappa shape index (κ2) is 6.08. The minimum absolute atomic E-state index is 0.170. The molecule has 0 fully saturated rings. The number of aryl methyl sites for hydroxylation is 2. The molecule has 0 aromatic heterocycles. The summed E-state index contributed by atoms with van der Waals surface area (Å²) < 4.78 is 0. The topological polar surface area (TPSA) is 49.5 Å². The van der Waals surface area contributed by atoms with Gasteiger partial charge < -0.3 is 15.7 Å². The van der Waals surface area contributed by atoms with E-state index in [9.17, 15) is 5.11 Å². The number of para-hydroxylation sites is 1. The Bertz CT molecular complexity index is 624. The predicted molar refractivity (Wildman–Crippen MR) is 87.8 cm³/mol. The first-order chi connectivity index (χ1) is 10.2. The van der Waals surface area contributed by atoms with E-state index in [1.54, 1.807) is 6.07 Å². The highest BCUT2D eigenvalue weighted by molar-refractivity contribution is 5.55. The molecule has 0 radical (unpaired) electrons. The van der Waals surface area contributed by atoms with E-state index in [-0.39, 0.29) is 5.75 Å². The zero-order valence-electron chi connectivity index (χ0n) is 12.3. The summed E-state index contributed by atoms with van der Waals surface area (Å²) in [4.78, 5) is 2.49. The predicted octanol–water partition coefficient (Wildman–Crippen LogP) is 3.36. The molecule has 0 spiro atoms. The Morgan fingerprint density at radius 1 is 1.14 bits per heavy atom. The van der Waals surface area contributed by atoms with Crippen molar-refractivity contribution in [1.29, 1.82) is 0 Å². The fourth-order valence-corrected chi connectivity index (χ4v) is 3.08. The summed E-state index contributed by atoms with van der Waals surface area (Å²) in [6.45, 7) is 2.21. The average molecular weight is 282 g/mol. The molecule has 1 aliphatic rings. The van der Waals surface area contributed by atoms with Crippen LogP contribution in [0, 0.1) is 0 Å². The maximum absolute atomic E-state index is 9.45. The molecule has 110 valence electrons. The van der Waals surface area contributed by atoms with Gasteiger partial charge in [0.25, 0.3) is 0 Å². The van der Waals surface area contributed by atoms with E-state index in [2.05, 4.69) is 29.2 Å². The lowest BCUT2D eigenvalue weighted by Crippen LogP contribution is -2.30. The lowest BCUT2D eigenvalue weighted by molar-refractivity contribution is 0.477. The molecule has 21 heavy (non-hydrogen) atoms. The van der Waals surface area contributed by atoms with E-state index >= 15 is 0 Å². The molecule has 1 aliphatic heterocycles. The highest BCUT2D eigenvalue weighted by Gasteiger charge is 2.15. The third-order valence-electron chi connectivity index (χ3n) is 4.19. The molecule has 2 aromatic carbocycles. The van der Waals surface area contributed by atoms with E-state index in [0.717, 1.165) is 25.9 Å². The van der Waals surface area contributed by atoms with Gasteiger partial charge >= 0.3 is 0 Å². The van der Waals surface area contributed by atoms with Gasteiger partial charge in [0, 0.05) is 18.8 Å². The maximum atomic E-state index is 9.45. The summed E-state index contributed by atoms with van der Waals surface area (Å²) in [6, 6.07) is 14.2. The van der Waals surface area contributed by atoms with Gasteiger partial charge in [0.2, 0.25) is 0 Å². The van der Waals surface area contributed by atoms with Crippen molar-refractivity contribution in [2.24, 2.45) is 0 Å². The van der Waals surface area contributed by atoms with Crippen LogP contribution in [0.15, 0.2) is 42.5 Å². The van der Waals surface area contributed by atoms with E-state index in [0.29, 0.717) is 5.69 Å². The maximum Gasteiger partial charge on any atom is 0.138 e. The van der Waals surface area contributed by atoms with Crippen molar-refractivity contribution in [3.05, 3.63) is 53.6 Å². The van der Waals surface area contributed by atoms with E-state index in [1.165, 1.54) is 29.7 Å². The Hall–Kier alpha value is -2.16. The first-order valence-electron chi connectivity index (χ1n) is 7.64. The molecule has 0 saturated carbocycles. The summed E-state index contributed by atoms with van der Waals surface area (Å²) >= 11 is 0. The Morgan fingerprint density at radius 2 is 2.00 bits per heavy atom. The van der Waals surface area contributed by atoms with Crippen molar-refractivity contribution >= 4 is 11.4 Å². The Balaban J connectivity index is 1.60. The van der Waals surface area contributed by atoms with Gasteiger partial charge in [0.05, 0.1) is 5.69 Å². The van der Waals surface area contributed by atoms with Crippen LogP contribution >= 0.6 is 0 Å². The Kier molecular flexibility index (Phi) is 4.00. The molecule has 3 N–H and O–H groups in total. The largest absolute Gasteiger partial charge is 0.506 e. The Morgan fingerprint density at radius 3 is 2.86 bits per heavy atom. The van der Waals surface area contributed by atoms with Crippen LogP contribution in [0.3, 0.4) is 0 Å². The fourth-order valence-electron chi connectivity index (χ4n) is 3.08. The number of hydrogen-bond acceptors (Lipinski definition) is 3. The van der Waals surface area contributed by atoms with E-state index < -0.39 is 0 Å². The van der Waals surface area contributed by atoms with Gasteiger partial charge in [-0.3, -0.25) is 0 Å². The fraction of sp³-hybridized carbons (Fsp3) is 0.333. The first kappa shape index (κ1) is 13.8. The van der Waals surface area contributed by atoms with Crippen LogP contribution in [-0.4, -0.2) is 18.2 Å². The van der Waals surface area contributed by atoms with Gasteiger partial charge in [0.1, 0.15) is 5.75 Å². The monoisotopic (exact) mass is 282 g/mol. The zero-order valence-corrected chi connectivity index (χ0v) is 12.3. The van der Waals surface area contributed by atoms with Crippen LogP contribution in [0.1, 0.15) is 24.0 Å². The smallest absolute Gasteiger partial charge is 0.138 e. The molecule has 3 nitrogen and oxygen atoms in total. The molecule has 0 amide bonds. The van der Waals surface area contributed by atoms with Gasteiger partial charge in [-0.2, -0.15) is 0 Å². The van der Waals surface area contributed by atoms with Crippen molar-refractivity contribution in [3.8, 4) is 5.75 Å². The summed E-state index contributed by atoms with van der Waals surface area (Å²) in [5.41, 5.74) is 10.3. The lowest BCUT2D eigenvalue weighted by atomic mass is 10.0. The average Bonchev–Trinajstić information content (AvgIpc) is 2.51. The number of aromatic hydroxyl groups is 1. The van der Waals surface area contributed by atoms with Crippen molar-refractivity contribution in [3.63, 3.8) is 0 Å². The normalized spacial score (nSPS) is 14.0. The van der Waals surface area contributed by atoms with Crippen molar-refractivity contribution in [2.45, 2.75) is 25.7 Å². The standard InChI is InChI=1S/C18H22N2O/c19-16-13-14(9-10-18(16)21)5-3-11-20-12-4-7-15-6-1-2-8-17(15)20/h1-2,6,8-10,13,21H,3-5,7,11-12,19H2. The van der Waals surface area contributed by atoms with E-state index in [4.69, 9.17) is 5.73 Å². The first-order valence-corrected chi connectivity index (χ1v) is 7.64. The molecule has 0 bridgehead atoms. The number of rotatable bonds is 4. The third-order valence-corrected chi connectivity index (χ3v) is 4.19. The minimum Gasteiger partial charge on any atom is -0.506 e. The third kappa shape index (κ3) is 3.13. The number of phenolic OH excluding ortho intramolecular Hbond substituents is 1. The van der Waals surface area contributed by atoms with Crippen LogP contribution < -0.4 is 10.6 Å². The molecule has 0 atom stereocenters. The van der Waals surface area contributed by atoms with Crippen molar-refractivity contribution in [2.75, 3.05) is 23.7 Å². The highest BCUT2D eigenvalue weighted by Crippen LogP contribution is 2.27. The molecular formula is C18H22N2O. The van der Waals surface area contributed by atoms with Crippen molar-refractivity contribution < 1.29 is 5.11 Å². The molecule has 0 saturated heterocycles. The summed E-state index contributed by atoms with van der Waals surface area (Å²) in [5.74, 6) is 0.170. The van der Waals surface area contributed by atoms with Gasteiger partial charge in [-0.25, -0.2) is 0 Å². The number of benzene rings is 2. The summed E-state index contributed by atoms with van der Waals surface area (Å²) in [6.07, 6.45) is 4.52. The molecular weight excluding hydrogens is 260 g/mol. The van der Waals surface area contributed by atoms with Crippen LogP contribution in [0.5, 0.6) is 5.75 Å². The van der Waals surface area contributed by atoms with Gasteiger partial charge in [-0.05, 0) is 55.0 Å². The summed E-state index contributed by atoms with van der Waals surface area (Å²) in [7, 11) is 0. The van der Waals surface area contributed by atoms with Crippen LogP contribution in [0.2, 0.25) is 0 Å². The van der Waals surface area contributed by atoms with Gasteiger partial charge in [0.15, 0.2) is 0 Å². The molecule has 0 aliphatic carbocycles. The number of hydrogen-bond donors (Lipinski definition) is 2. The highest BCUT2D eigenvalue weighted by atomic mass is 16.3. The van der Waals surface area contributed by atoms with Crippen LogP contribution in [0.4, 0.5) is 11.4 Å². The molecule has 1 heterocycles. The zero-order chi connectivity index (χ0) is 14.7. The molecule has 3 heteroatoms. The number of anilines is 2. The SMILES string of the molecule is Nc1cc(CCCN2CCCc3ccccc32)ccc1O. The Labute approximate surface area is 126 Å². The van der Waals surface area contributed by atoms with Gasteiger partial charge in [-0.15, -0.1) is 0 Å². The van der Waals surface area contributed by atoms with Crippen LogP contribution in [-0.2, 0) is 12.8 Å². The summed E-state index contributed by atoms with van der Waals surface area (Å²) in [5, 5.41) is 9.45. The van der Waals surface area contributed by atoms with Crippen molar-refractivity contribution in [1.82, 2.24) is 0 Å². The van der Waals surface area contributed by atoms with Crippen LogP contribution in [0.25, 0.3) is 0 Å². The molecule has 2 aromatic rings. The number of nitrogen functional groups attached to an aromatic ring is 1. The number of nitrogens with two attached hydrogens (primary N) is 1. The quantitative estimate of drug-likeness (QED) is 0.668. The minimum atomic E-state index is 0.170. The second-order valence-electron chi connectivity index (χ2n) is 5.72. The lowest BCUT2D eigenvalue weighted by Gasteiger charge is -2.31. The second-order valence-corrected chi connectivity index (χ2v) is 5.72. The molecule has 3 rings (SSSR count). The van der Waals surface area contributed by atoms with Gasteiger partial charge in [-0.1, -0.05) is 24.3 Å². The number of nitrogens with zero attached hydrogens (tertiary/aromatic N) is 1. The van der Waals surface area contributed by atoms with E-state index in [1.807, 2.05) is 12.1 Å². The molecule has 0 unspecified atom stereocenters. The number of phenols is 1. The number of fused-ring (bicyclic) bond motifs is 1.